The number of hydrogen-bond donors (Lipinski definition) is 1. The van der Waals surface area contributed by atoms with E-state index in [0.717, 1.165) is 29.4 Å². The molecule has 9 heteroatoms. The van der Waals surface area contributed by atoms with Crippen LogP contribution in [0.4, 0.5) is 5.13 Å². The summed E-state index contributed by atoms with van der Waals surface area (Å²) in [6.45, 7) is 4.04. The molecule has 2 aromatic heterocycles. The fourth-order valence-corrected chi connectivity index (χ4v) is 3.66. The fraction of sp³-hybridized carbons (Fsp3) is 0.312. The van der Waals surface area contributed by atoms with Gasteiger partial charge in [-0.1, -0.05) is 55.1 Å². The van der Waals surface area contributed by atoms with Gasteiger partial charge in [0.25, 0.3) is 0 Å². The Morgan fingerprint density at radius 3 is 2.60 bits per heavy atom. The third-order valence-electron chi connectivity index (χ3n) is 3.38. The van der Waals surface area contributed by atoms with Gasteiger partial charge in [-0.3, -0.25) is 14.7 Å². The van der Waals surface area contributed by atoms with Gasteiger partial charge in [-0.05, 0) is 18.6 Å². The van der Waals surface area contributed by atoms with E-state index in [1.165, 1.54) is 23.1 Å². The molecule has 0 aliphatic carbocycles. The van der Waals surface area contributed by atoms with Crippen LogP contribution in [0.15, 0.2) is 35.5 Å². The molecule has 130 valence electrons. The molecule has 3 aromatic rings. The second-order valence-electron chi connectivity index (χ2n) is 5.11. The quantitative estimate of drug-likeness (QED) is 0.640. The van der Waals surface area contributed by atoms with E-state index in [1.807, 2.05) is 48.7 Å². The van der Waals surface area contributed by atoms with E-state index in [4.69, 9.17) is 0 Å². The van der Waals surface area contributed by atoms with Gasteiger partial charge in [-0.25, -0.2) is 0 Å². The van der Waals surface area contributed by atoms with Gasteiger partial charge in [0.15, 0.2) is 5.16 Å². The van der Waals surface area contributed by atoms with Gasteiger partial charge in [0.05, 0.1) is 5.75 Å². The predicted octanol–water partition coefficient (Wildman–Crippen LogP) is 2.97. The van der Waals surface area contributed by atoms with E-state index in [2.05, 4.69) is 25.7 Å². The number of nitrogens with zero attached hydrogens (tertiary/aromatic N) is 5. The van der Waals surface area contributed by atoms with Gasteiger partial charge < -0.3 is 0 Å². The maximum absolute atomic E-state index is 12.2. The van der Waals surface area contributed by atoms with E-state index in [0.29, 0.717) is 10.3 Å². The molecule has 0 saturated carbocycles. The van der Waals surface area contributed by atoms with Crippen LogP contribution < -0.4 is 5.32 Å². The number of aromatic nitrogens is 5. The summed E-state index contributed by atoms with van der Waals surface area (Å²) in [5.41, 5.74) is 0.990. The van der Waals surface area contributed by atoms with Crippen LogP contribution in [0.3, 0.4) is 0 Å². The van der Waals surface area contributed by atoms with E-state index >= 15 is 0 Å². The smallest absolute Gasteiger partial charge is 0.236 e. The molecule has 3 rings (SSSR count). The number of aryl methyl sites for hydroxylation is 2. The summed E-state index contributed by atoms with van der Waals surface area (Å²) in [4.78, 5) is 12.2. The molecule has 0 aliphatic heterocycles. The maximum Gasteiger partial charge on any atom is 0.236 e. The monoisotopic (exact) mass is 374 g/mol. The van der Waals surface area contributed by atoms with Gasteiger partial charge in [0, 0.05) is 12.1 Å². The third kappa shape index (κ3) is 4.23. The summed E-state index contributed by atoms with van der Waals surface area (Å²) in [6.07, 6.45) is 1.57. The van der Waals surface area contributed by atoms with Crippen LogP contribution in [0.2, 0.25) is 0 Å². The van der Waals surface area contributed by atoms with Crippen molar-refractivity contribution in [2.24, 2.45) is 0 Å². The number of thioether (sulfide) groups is 1. The number of benzene rings is 1. The number of anilines is 1. The van der Waals surface area contributed by atoms with Gasteiger partial charge in [0.1, 0.15) is 10.8 Å². The average Bonchev–Trinajstić information content (AvgIpc) is 3.26. The van der Waals surface area contributed by atoms with Gasteiger partial charge in [0.2, 0.25) is 11.0 Å². The Kier molecular flexibility index (Phi) is 5.77. The van der Waals surface area contributed by atoms with E-state index in [9.17, 15) is 4.79 Å². The molecular formula is C16H18N6OS2. The molecule has 2 heterocycles. The van der Waals surface area contributed by atoms with Crippen molar-refractivity contribution in [2.75, 3.05) is 11.1 Å². The topological polar surface area (TPSA) is 85.6 Å². The molecule has 1 N–H and O–H groups in total. The summed E-state index contributed by atoms with van der Waals surface area (Å²) < 4.78 is 1.98. The molecule has 1 aromatic carbocycles. The van der Waals surface area contributed by atoms with Crippen molar-refractivity contribution in [3.63, 3.8) is 0 Å². The van der Waals surface area contributed by atoms with Crippen molar-refractivity contribution in [1.82, 2.24) is 25.0 Å². The summed E-state index contributed by atoms with van der Waals surface area (Å²) in [5.74, 6) is 0.964. The number of amides is 1. The summed E-state index contributed by atoms with van der Waals surface area (Å²) in [6, 6.07) is 9.90. The van der Waals surface area contributed by atoms with Gasteiger partial charge >= 0.3 is 0 Å². The Labute approximate surface area is 153 Å². The Balaban J connectivity index is 1.69. The van der Waals surface area contributed by atoms with Crippen molar-refractivity contribution in [3.8, 4) is 5.69 Å². The second kappa shape index (κ2) is 8.21. The third-order valence-corrected chi connectivity index (χ3v) is 5.29. The Hall–Kier alpha value is -2.26. The first-order valence-electron chi connectivity index (χ1n) is 7.96. The minimum Gasteiger partial charge on any atom is -0.300 e. The van der Waals surface area contributed by atoms with E-state index in [1.54, 1.807) is 0 Å². The Bertz CT molecular complexity index is 845. The zero-order chi connectivity index (χ0) is 17.6. The molecule has 0 aliphatic rings. The lowest BCUT2D eigenvalue weighted by Gasteiger charge is -2.08. The molecular weight excluding hydrogens is 356 g/mol. The van der Waals surface area contributed by atoms with Crippen molar-refractivity contribution >= 4 is 34.1 Å². The molecule has 7 nitrogen and oxygen atoms in total. The number of para-hydroxylation sites is 1. The van der Waals surface area contributed by atoms with Crippen LogP contribution in [-0.2, 0) is 17.6 Å². The van der Waals surface area contributed by atoms with Crippen molar-refractivity contribution < 1.29 is 4.79 Å². The summed E-state index contributed by atoms with van der Waals surface area (Å²) in [5, 5.41) is 21.3. The maximum atomic E-state index is 12.2. The standard InChI is InChI=1S/C16H18N6OS2/c1-3-12-18-21-16(22(12)11-8-6-5-7-9-11)24-10-13(23)17-15-20-19-14(4-2)25-15/h5-9H,3-4,10H2,1-2H3,(H,17,20,23). The predicted molar refractivity (Wildman–Crippen MR) is 99.4 cm³/mol. The van der Waals surface area contributed by atoms with Crippen molar-refractivity contribution in [1.29, 1.82) is 0 Å². The minimum atomic E-state index is -0.135. The van der Waals surface area contributed by atoms with Crippen LogP contribution in [0, 0.1) is 0 Å². The van der Waals surface area contributed by atoms with Gasteiger partial charge in [-0.2, -0.15) is 0 Å². The lowest BCUT2D eigenvalue weighted by molar-refractivity contribution is -0.113. The molecule has 0 unspecified atom stereocenters. The molecule has 0 fully saturated rings. The first-order chi connectivity index (χ1) is 12.2. The lowest BCUT2D eigenvalue weighted by Crippen LogP contribution is -2.14. The summed E-state index contributed by atoms with van der Waals surface area (Å²) in [7, 11) is 0. The fourth-order valence-electron chi connectivity index (χ4n) is 2.19. The van der Waals surface area contributed by atoms with Crippen LogP contribution in [-0.4, -0.2) is 36.6 Å². The highest BCUT2D eigenvalue weighted by Gasteiger charge is 2.15. The first-order valence-corrected chi connectivity index (χ1v) is 9.76. The average molecular weight is 374 g/mol. The molecule has 0 saturated heterocycles. The van der Waals surface area contributed by atoms with Crippen molar-refractivity contribution in [2.45, 2.75) is 31.8 Å². The number of rotatable bonds is 7. The Morgan fingerprint density at radius 1 is 1.12 bits per heavy atom. The molecule has 0 spiro atoms. The van der Waals surface area contributed by atoms with Gasteiger partial charge in [-0.15, -0.1) is 20.4 Å². The van der Waals surface area contributed by atoms with E-state index < -0.39 is 0 Å². The van der Waals surface area contributed by atoms with Crippen LogP contribution >= 0.6 is 23.1 Å². The highest BCUT2D eigenvalue weighted by atomic mass is 32.2. The lowest BCUT2D eigenvalue weighted by atomic mass is 10.3. The molecule has 0 radical (unpaired) electrons. The molecule has 25 heavy (non-hydrogen) atoms. The SMILES string of the molecule is CCc1nnc(NC(=O)CSc2nnc(CC)n2-c2ccccc2)s1. The van der Waals surface area contributed by atoms with Crippen molar-refractivity contribution in [3.05, 3.63) is 41.2 Å². The highest BCUT2D eigenvalue weighted by molar-refractivity contribution is 7.99. The van der Waals surface area contributed by atoms with Crippen LogP contribution in [0.5, 0.6) is 0 Å². The van der Waals surface area contributed by atoms with E-state index in [-0.39, 0.29) is 11.7 Å². The normalized spacial score (nSPS) is 10.8. The number of carbonyl (C=O) groups is 1. The zero-order valence-electron chi connectivity index (χ0n) is 14.0. The number of hydrogen-bond acceptors (Lipinski definition) is 7. The highest BCUT2D eigenvalue weighted by Crippen LogP contribution is 2.23. The largest absolute Gasteiger partial charge is 0.300 e. The molecule has 1 amide bonds. The first kappa shape index (κ1) is 17.6. The van der Waals surface area contributed by atoms with Crippen LogP contribution in [0.1, 0.15) is 24.7 Å². The Morgan fingerprint density at radius 2 is 1.92 bits per heavy atom. The summed E-state index contributed by atoms with van der Waals surface area (Å²) >= 11 is 2.75. The molecule has 0 bridgehead atoms. The molecule has 0 atom stereocenters. The van der Waals surface area contributed by atoms with Crippen LogP contribution in [0.25, 0.3) is 5.69 Å². The second-order valence-corrected chi connectivity index (χ2v) is 7.12. The number of carbonyl (C=O) groups excluding carboxylic acids is 1. The minimum absolute atomic E-state index is 0.135. The number of nitrogens with one attached hydrogen (secondary N) is 1. The zero-order valence-corrected chi connectivity index (χ0v) is 15.6.